The molecule has 104 valence electrons. The van der Waals surface area contributed by atoms with E-state index >= 15 is 0 Å². The molecule has 0 saturated carbocycles. The number of methoxy groups -OCH3 is 1. The van der Waals surface area contributed by atoms with E-state index in [0.29, 0.717) is 12.4 Å². The number of thioether (sulfide) groups is 1. The SMILES string of the molecule is COCCSCC(=O)N[C@H](CCC(N)=O)C(=O)O. The van der Waals surface area contributed by atoms with Crippen LogP contribution in [0.2, 0.25) is 0 Å². The molecule has 7 nitrogen and oxygen atoms in total. The Hall–Kier alpha value is -1.28. The van der Waals surface area contributed by atoms with Gasteiger partial charge in [-0.25, -0.2) is 4.79 Å². The van der Waals surface area contributed by atoms with Crippen molar-refractivity contribution in [3.05, 3.63) is 0 Å². The van der Waals surface area contributed by atoms with Gasteiger partial charge in [-0.15, -0.1) is 11.8 Å². The summed E-state index contributed by atoms with van der Waals surface area (Å²) in [4.78, 5) is 32.8. The number of hydrogen-bond donors (Lipinski definition) is 3. The molecule has 0 aromatic heterocycles. The minimum Gasteiger partial charge on any atom is -0.480 e. The van der Waals surface area contributed by atoms with Crippen molar-refractivity contribution in [2.24, 2.45) is 5.73 Å². The van der Waals surface area contributed by atoms with Gasteiger partial charge in [0.15, 0.2) is 0 Å². The van der Waals surface area contributed by atoms with Crippen molar-refractivity contribution >= 4 is 29.5 Å². The maximum absolute atomic E-state index is 11.4. The van der Waals surface area contributed by atoms with E-state index in [4.69, 9.17) is 15.6 Å². The zero-order chi connectivity index (χ0) is 14.0. The zero-order valence-electron chi connectivity index (χ0n) is 10.2. The third kappa shape index (κ3) is 8.82. The first kappa shape index (κ1) is 16.7. The molecule has 4 N–H and O–H groups in total. The van der Waals surface area contributed by atoms with Crippen LogP contribution in [0.5, 0.6) is 0 Å². The van der Waals surface area contributed by atoms with Gasteiger partial charge in [0.25, 0.3) is 0 Å². The maximum atomic E-state index is 11.4. The second-order valence-corrected chi connectivity index (χ2v) is 4.61. The van der Waals surface area contributed by atoms with Crippen LogP contribution in [0.15, 0.2) is 0 Å². The lowest BCUT2D eigenvalue weighted by Crippen LogP contribution is -2.42. The lowest BCUT2D eigenvalue weighted by molar-refractivity contribution is -0.141. The summed E-state index contributed by atoms with van der Waals surface area (Å²) in [6.45, 7) is 0.530. The first-order valence-corrected chi connectivity index (χ1v) is 6.50. The van der Waals surface area contributed by atoms with Gasteiger partial charge < -0.3 is 20.9 Å². The van der Waals surface area contributed by atoms with Crippen LogP contribution in [-0.4, -0.2) is 54.2 Å². The summed E-state index contributed by atoms with van der Waals surface area (Å²) in [7, 11) is 1.56. The van der Waals surface area contributed by atoms with Crippen molar-refractivity contribution in [2.75, 3.05) is 25.2 Å². The van der Waals surface area contributed by atoms with Crippen molar-refractivity contribution in [3.8, 4) is 0 Å². The summed E-state index contributed by atoms with van der Waals surface area (Å²) in [6.07, 6.45) is -0.0762. The largest absolute Gasteiger partial charge is 0.480 e. The highest BCUT2D eigenvalue weighted by Crippen LogP contribution is 2.01. The molecule has 0 aliphatic heterocycles. The molecule has 1 atom stereocenters. The number of amides is 2. The number of ether oxygens (including phenoxy) is 1. The summed E-state index contributed by atoms with van der Waals surface area (Å²) in [5, 5.41) is 11.2. The van der Waals surface area contributed by atoms with Crippen LogP contribution >= 0.6 is 11.8 Å². The standard InChI is InChI=1S/C10H18N2O5S/c1-17-4-5-18-6-9(14)12-7(10(15)16)2-3-8(11)13/h7H,2-6H2,1H3,(H2,11,13)(H,12,14)(H,15,16)/t7-/m1/s1. The predicted molar refractivity (Wildman–Crippen MR) is 67.2 cm³/mol. The van der Waals surface area contributed by atoms with Gasteiger partial charge in [0.05, 0.1) is 12.4 Å². The van der Waals surface area contributed by atoms with Crippen molar-refractivity contribution in [3.63, 3.8) is 0 Å². The van der Waals surface area contributed by atoms with Crippen molar-refractivity contribution < 1.29 is 24.2 Å². The van der Waals surface area contributed by atoms with E-state index < -0.39 is 17.9 Å². The van der Waals surface area contributed by atoms with Gasteiger partial charge in [-0.3, -0.25) is 9.59 Å². The number of carboxylic acids is 1. The fourth-order valence-electron chi connectivity index (χ4n) is 1.09. The van der Waals surface area contributed by atoms with Gasteiger partial charge in [-0.05, 0) is 6.42 Å². The van der Waals surface area contributed by atoms with E-state index in [2.05, 4.69) is 5.32 Å². The van der Waals surface area contributed by atoms with Gasteiger partial charge >= 0.3 is 5.97 Å². The van der Waals surface area contributed by atoms with E-state index in [-0.39, 0.29) is 24.5 Å². The Balaban J connectivity index is 3.96. The van der Waals surface area contributed by atoms with Crippen LogP contribution in [0.1, 0.15) is 12.8 Å². The van der Waals surface area contributed by atoms with Crippen molar-refractivity contribution in [1.82, 2.24) is 5.32 Å². The Morgan fingerprint density at radius 1 is 1.44 bits per heavy atom. The van der Waals surface area contributed by atoms with Crippen LogP contribution < -0.4 is 11.1 Å². The molecule has 8 heteroatoms. The molecule has 0 aromatic rings. The Labute approximate surface area is 109 Å². The highest BCUT2D eigenvalue weighted by atomic mass is 32.2. The molecule has 0 aromatic carbocycles. The first-order valence-electron chi connectivity index (χ1n) is 5.34. The maximum Gasteiger partial charge on any atom is 0.326 e. The van der Waals surface area contributed by atoms with Crippen LogP contribution in [-0.2, 0) is 19.1 Å². The lowest BCUT2D eigenvalue weighted by Gasteiger charge is -2.13. The van der Waals surface area contributed by atoms with Crippen molar-refractivity contribution in [1.29, 1.82) is 0 Å². The zero-order valence-corrected chi connectivity index (χ0v) is 11.0. The minimum absolute atomic E-state index is 0.000849. The molecule has 0 aliphatic carbocycles. The number of nitrogens with one attached hydrogen (secondary N) is 1. The average molecular weight is 278 g/mol. The molecular weight excluding hydrogens is 260 g/mol. The number of nitrogens with two attached hydrogens (primary N) is 1. The summed E-state index contributed by atoms with van der Waals surface area (Å²) in [5.41, 5.74) is 4.92. The van der Waals surface area contributed by atoms with E-state index in [1.807, 2.05) is 0 Å². The summed E-state index contributed by atoms with van der Waals surface area (Å²) in [6, 6.07) is -1.08. The Morgan fingerprint density at radius 2 is 2.11 bits per heavy atom. The number of primary amides is 1. The van der Waals surface area contributed by atoms with E-state index in [1.165, 1.54) is 11.8 Å². The number of hydrogen-bond acceptors (Lipinski definition) is 5. The van der Waals surface area contributed by atoms with Gasteiger partial charge in [0.1, 0.15) is 6.04 Å². The van der Waals surface area contributed by atoms with Crippen LogP contribution in [0.4, 0.5) is 0 Å². The molecule has 2 amide bonds. The topological polar surface area (TPSA) is 119 Å². The van der Waals surface area contributed by atoms with Gasteiger partial charge in [-0.1, -0.05) is 0 Å². The monoisotopic (exact) mass is 278 g/mol. The van der Waals surface area contributed by atoms with Gasteiger partial charge in [0.2, 0.25) is 11.8 Å². The molecule has 0 rings (SSSR count). The first-order chi connectivity index (χ1) is 8.47. The van der Waals surface area contributed by atoms with Crippen LogP contribution in [0.25, 0.3) is 0 Å². The Morgan fingerprint density at radius 3 is 2.61 bits per heavy atom. The molecule has 0 heterocycles. The minimum atomic E-state index is -1.17. The molecule has 0 unspecified atom stereocenters. The third-order valence-electron chi connectivity index (χ3n) is 1.98. The third-order valence-corrected chi connectivity index (χ3v) is 2.90. The molecule has 0 saturated heterocycles. The summed E-state index contributed by atoms with van der Waals surface area (Å²) in [5.74, 6) is -1.34. The highest BCUT2D eigenvalue weighted by molar-refractivity contribution is 7.99. The quantitative estimate of drug-likeness (QED) is 0.450. The Bertz CT molecular complexity index is 298. The average Bonchev–Trinajstić information content (AvgIpc) is 2.29. The molecule has 0 spiro atoms. The number of rotatable bonds is 10. The number of carbonyl (C=O) groups is 3. The smallest absolute Gasteiger partial charge is 0.326 e. The fourth-order valence-corrected chi connectivity index (χ4v) is 1.78. The normalized spacial score (nSPS) is 11.8. The number of aliphatic carboxylic acids is 1. The van der Waals surface area contributed by atoms with Crippen molar-refractivity contribution in [2.45, 2.75) is 18.9 Å². The molecule has 0 bridgehead atoms. The Kier molecular flexibility index (Phi) is 9.03. The van der Waals surface area contributed by atoms with E-state index in [0.717, 1.165) is 0 Å². The number of carboxylic acid groups (broad SMARTS) is 1. The van der Waals surface area contributed by atoms with Gasteiger partial charge in [0, 0.05) is 19.3 Å². The number of carbonyl (C=O) groups excluding carboxylic acids is 2. The second-order valence-electron chi connectivity index (χ2n) is 3.51. The highest BCUT2D eigenvalue weighted by Gasteiger charge is 2.20. The molecule has 0 radical (unpaired) electrons. The molecule has 18 heavy (non-hydrogen) atoms. The lowest BCUT2D eigenvalue weighted by atomic mass is 10.1. The van der Waals surface area contributed by atoms with Gasteiger partial charge in [-0.2, -0.15) is 0 Å². The molecule has 0 fully saturated rings. The van der Waals surface area contributed by atoms with Crippen LogP contribution in [0.3, 0.4) is 0 Å². The molecule has 0 aliphatic rings. The summed E-state index contributed by atoms with van der Waals surface area (Å²) < 4.78 is 4.81. The van der Waals surface area contributed by atoms with Crippen LogP contribution in [0, 0.1) is 0 Å². The van der Waals surface area contributed by atoms with E-state index in [1.54, 1.807) is 7.11 Å². The second kappa shape index (κ2) is 9.72. The molecular formula is C10H18N2O5S. The predicted octanol–water partition coefficient (Wildman–Crippen LogP) is -0.799. The summed E-state index contributed by atoms with van der Waals surface area (Å²) >= 11 is 1.34. The fraction of sp³-hybridized carbons (Fsp3) is 0.700. The van der Waals surface area contributed by atoms with E-state index in [9.17, 15) is 14.4 Å².